The molecule has 1 aromatic carbocycles. The Hall–Kier alpha value is -0.820. The van der Waals surface area contributed by atoms with Crippen molar-refractivity contribution in [1.82, 2.24) is 0 Å². The molecule has 1 N–H and O–H groups in total. The van der Waals surface area contributed by atoms with Gasteiger partial charge in [0.25, 0.3) is 0 Å². The first-order valence-electron chi connectivity index (χ1n) is 5.35. The third-order valence-corrected chi connectivity index (χ3v) is 3.11. The number of hydrogen-bond donors (Lipinski definition) is 1. The van der Waals surface area contributed by atoms with Crippen LogP contribution in [0.4, 0.5) is 0 Å². The highest BCUT2D eigenvalue weighted by Gasteiger charge is 2.39. The van der Waals surface area contributed by atoms with Crippen LogP contribution in [-0.4, -0.2) is 10.7 Å². The molecule has 76 valence electrons. The Balaban J connectivity index is 2.01. The molecule has 0 heterocycles. The van der Waals surface area contributed by atoms with Crippen molar-refractivity contribution in [3.8, 4) is 0 Å². The van der Waals surface area contributed by atoms with Gasteiger partial charge in [-0.1, -0.05) is 36.8 Å². The van der Waals surface area contributed by atoms with E-state index in [-0.39, 0.29) is 0 Å². The van der Waals surface area contributed by atoms with E-state index >= 15 is 0 Å². The number of hydrogen-bond acceptors (Lipinski definition) is 1. The quantitative estimate of drug-likeness (QED) is 0.760. The van der Waals surface area contributed by atoms with Crippen molar-refractivity contribution in [3.05, 3.63) is 35.4 Å². The van der Waals surface area contributed by atoms with Crippen LogP contribution in [0.5, 0.6) is 0 Å². The molecule has 0 atom stereocenters. The minimum Gasteiger partial charge on any atom is -0.390 e. The molecule has 1 fully saturated rings. The van der Waals surface area contributed by atoms with Crippen LogP contribution < -0.4 is 0 Å². The van der Waals surface area contributed by atoms with Gasteiger partial charge in [-0.3, -0.25) is 0 Å². The Morgan fingerprint density at radius 2 is 1.86 bits per heavy atom. The first kappa shape index (κ1) is 9.72. The maximum absolute atomic E-state index is 10.1. The topological polar surface area (TPSA) is 20.2 Å². The summed E-state index contributed by atoms with van der Waals surface area (Å²) >= 11 is 0. The van der Waals surface area contributed by atoms with E-state index in [1.165, 1.54) is 11.1 Å². The van der Waals surface area contributed by atoms with Crippen molar-refractivity contribution in [1.29, 1.82) is 0 Å². The lowest BCUT2D eigenvalue weighted by Crippen LogP contribution is -2.44. The molecule has 1 saturated carbocycles. The van der Waals surface area contributed by atoms with Crippen molar-refractivity contribution in [3.63, 3.8) is 0 Å². The van der Waals surface area contributed by atoms with Gasteiger partial charge < -0.3 is 5.11 Å². The Morgan fingerprint density at radius 3 is 2.36 bits per heavy atom. The average molecular weight is 190 g/mol. The summed E-state index contributed by atoms with van der Waals surface area (Å²) in [6.45, 7) is 4.29. The van der Waals surface area contributed by atoms with Crippen LogP contribution in [0.1, 0.15) is 30.9 Å². The van der Waals surface area contributed by atoms with Crippen LogP contribution in [0.2, 0.25) is 0 Å². The van der Waals surface area contributed by atoms with Gasteiger partial charge in [-0.2, -0.15) is 0 Å². The van der Waals surface area contributed by atoms with E-state index in [0.29, 0.717) is 5.92 Å². The molecule has 0 bridgehead atoms. The molecule has 2 rings (SSSR count). The molecular formula is C13H18O. The van der Waals surface area contributed by atoms with Gasteiger partial charge in [0.2, 0.25) is 0 Å². The molecule has 0 saturated heterocycles. The summed E-state index contributed by atoms with van der Waals surface area (Å²) < 4.78 is 0. The van der Waals surface area contributed by atoms with E-state index in [1.54, 1.807) is 0 Å². The van der Waals surface area contributed by atoms with Crippen LogP contribution in [0, 0.1) is 12.8 Å². The minimum atomic E-state index is -0.408. The van der Waals surface area contributed by atoms with Gasteiger partial charge >= 0.3 is 0 Å². The number of aryl methyl sites for hydroxylation is 1. The lowest BCUT2D eigenvalue weighted by molar-refractivity contribution is -0.0665. The van der Waals surface area contributed by atoms with Crippen LogP contribution >= 0.6 is 0 Å². The molecule has 0 unspecified atom stereocenters. The molecule has 1 aromatic rings. The Labute approximate surface area is 85.8 Å². The second kappa shape index (κ2) is 3.39. The van der Waals surface area contributed by atoms with Gasteiger partial charge in [-0.25, -0.2) is 0 Å². The van der Waals surface area contributed by atoms with Crippen molar-refractivity contribution in [2.24, 2.45) is 5.92 Å². The smallest absolute Gasteiger partial charge is 0.0693 e. The van der Waals surface area contributed by atoms with Crippen LogP contribution in [0.25, 0.3) is 0 Å². The van der Waals surface area contributed by atoms with E-state index in [4.69, 9.17) is 0 Å². The maximum Gasteiger partial charge on any atom is 0.0693 e. The normalized spacial score (nSPS) is 31.2. The molecule has 1 aliphatic carbocycles. The fraction of sp³-hybridized carbons (Fsp3) is 0.538. The van der Waals surface area contributed by atoms with Gasteiger partial charge in [0.15, 0.2) is 0 Å². The Morgan fingerprint density at radius 1 is 1.29 bits per heavy atom. The van der Waals surface area contributed by atoms with Gasteiger partial charge in [0, 0.05) is 6.42 Å². The molecule has 1 nitrogen and oxygen atoms in total. The van der Waals surface area contributed by atoms with Gasteiger partial charge in [0.1, 0.15) is 0 Å². The van der Waals surface area contributed by atoms with Crippen molar-refractivity contribution >= 4 is 0 Å². The highest BCUT2D eigenvalue weighted by molar-refractivity contribution is 5.23. The highest BCUT2D eigenvalue weighted by atomic mass is 16.3. The molecule has 14 heavy (non-hydrogen) atoms. The van der Waals surface area contributed by atoms with Crippen molar-refractivity contribution < 1.29 is 5.11 Å². The van der Waals surface area contributed by atoms with E-state index < -0.39 is 5.60 Å². The lowest BCUT2D eigenvalue weighted by Gasteiger charge is -2.42. The summed E-state index contributed by atoms with van der Waals surface area (Å²) in [6, 6.07) is 8.47. The predicted octanol–water partition coefficient (Wildman–Crippen LogP) is 2.70. The first-order valence-corrected chi connectivity index (χ1v) is 5.35. The molecule has 1 heteroatoms. The molecule has 0 amide bonds. The average Bonchev–Trinajstić information content (AvgIpc) is 2.07. The summed E-state index contributed by atoms with van der Waals surface area (Å²) in [5, 5.41) is 10.1. The maximum atomic E-state index is 10.1. The van der Waals surface area contributed by atoms with Crippen LogP contribution in [-0.2, 0) is 6.42 Å². The van der Waals surface area contributed by atoms with Crippen LogP contribution in [0.3, 0.4) is 0 Å². The van der Waals surface area contributed by atoms with Gasteiger partial charge in [-0.05, 0) is 31.2 Å². The zero-order chi connectivity index (χ0) is 10.2. The van der Waals surface area contributed by atoms with Crippen molar-refractivity contribution in [2.45, 2.75) is 38.7 Å². The number of aliphatic hydroxyl groups is 1. The van der Waals surface area contributed by atoms with E-state index in [9.17, 15) is 5.11 Å². The molecule has 1 aliphatic rings. The Bertz CT molecular complexity index is 307. The zero-order valence-corrected chi connectivity index (χ0v) is 8.96. The van der Waals surface area contributed by atoms with Gasteiger partial charge in [-0.15, -0.1) is 0 Å². The molecule has 0 aromatic heterocycles. The molecule has 0 radical (unpaired) electrons. The largest absolute Gasteiger partial charge is 0.390 e. The van der Waals surface area contributed by atoms with Crippen molar-refractivity contribution in [2.75, 3.05) is 0 Å². The standard InChI is InChI=1S/C13H18O/c1-10-3-5-12(6-4-10)9-13(14)7-11(2)8-13/h3-6,11,14H,7-9H2,1-2H3. The fourth-order valence-corrected chi connectivity index (χ4v) is 2.47. The fourth-order valence-electron chi connectivity index (χ4n) is 2.47. The zero-order valence-electron chi connectivity index (χ0n) is 8.96. The van der Waals surface area contributed by atoms with Crippen LogP contribution in [0.15, 0.2) is 24.3 Å². The lowest BCUT2D eigenvalue weighted by atomic mass is 9.69. The third-order valence-electron chi connectivity index (χ3n) is 3.11. The summed E-state index contributed by atoms with van der Waals surface area (Å²) in [5.74, 6) is 0.699. The Kier molecular flexibility index (Phi) is 2.36. The SMILES string of the molecule is Cc1ccc(CC2(O)CC(C)C2)cc1. The van der Waals surface area contributed by atoms with Gasteiger partial charge in [0.05, 0.1) is 5.60 Å². The monoisotopic (exact) mass is 190 g/mol. The van der Waals surface area contributed by atoms with E-state index in [0.717, 1.165) is 19.3 Å². The second-order valence-corrected chi connectivity index (χ2v) is 4.90. The summed E-state index contributed by atoms with van der Waals surface area (Å²) in [4.78, 5) is 0. The van der Waals surface area contributed by atoms with E-state index in [2.05, 4.69) is 38.1 Å². The predicted molar refractivity (Wildman–Crippen MR) is 58.2 cm³/mol. The minimum absolute atomic E-state index is 0.408. The highest BCUT2D eigenvalue weighted by Crippen LogP contribution is 2.39. The third kappa shape index (κ3) is 1.98. The molecule has 0 spiro atoms. The number of rotatable bonds is 2. The summed E-state index contributed by atoms with van der Waals surface area (Å²) in [7, 11) is 0. The first-order chi connectivity index (χ1) is 6.57. The van der Waals surface area contributed by atoms with E-state index in [1.807, 2.05) is 0 Å². The second-order valence-electron chi connectivity index (χ2n) is 4.90. The summed E-state index contributed by atoms with van der Waals surface area (Å²) in [5.41, 5.74) is 2.13. The molecule has 0 aliphatic heterocycles. The molecular weight excluding hydrogens is 172 g/mol. The summed E-state index contributed by atoms with van der Waals surface area (Å²) in [6.07, 6.45) is 2.74. The number of benzene rings is 1.